The summed E-state index contributed by atoms with van der Waals surface area (Å²) < 4.78 is 18.0. The van der Waals surface area contributed by atoms with E-state index in [1.165, 1.54) is 11.8 Å². The number of hydrogen-bond acceptors (Lipinski definition) is 6. The summed E-state index contributed by atoms with van der Waals surface area (Å²) in [5, 5.41) is 0.641. The van der Waals surface area contributed by atoms with Crippen molar-refractivity contribution >= 4 is 57.2 Å². The lowest BCUT2D eigenvalue weighted by Crippen LogP contribution is -2.32. The fourth-order valence-corrected chi connectivity index (χ4v) is 4.88. The molecule has 2 aromatic rings. The van der Waals surface area contributed by atoms with Gasteiger partial charge < -0.3 is 14.2 Å². The number of carbonyl (C=O) groups excluding carboxylic acids is 1. The van der Waals surface area contributed by atoms with Crippen LogP contribution in [0, 0.1) is 3.57 Å². The molecule has 3 rings (SSSR count). The summed E-state index contributed by atoms with van der Waals surface area (Å²) >= 11 is 3.58. The lowest BCUT2D eigenvalue weighted by Gasteiger charge is -2.15. The summed E-state index contributed by atoms with van der Waals surface area (Å²) in [5.41, 5.74) is 1.66. The first-order valence-electron chi connectivity index (χ1n) is 10.7. The molecule has 0 spiro atoms. The molecule has 1 aliphatic heterocycles. The van der Waals surface area contributed by atoms with Crippen molar-refractivity contribution in [1.82, 2.24) is 4.90 Å². The Hall–Kier alpha value is -2.30. The van der Waals surface area contributed by atoms with Gasteiger partial charge in [0.25, 0.3) is 5.91 Å². The SMILES string of the molecule is C=CCOc1c(I)cc(/C=C2\SC(=Nc3ccccc3)N(CCOCC)C2=O)cc1OCC. The number of nitrogens with zero attached hydrogens (tertiary/aromatic N) is 2. The Labute approximate surface area is 212 Å². The molecule has 0 unspecified atom stereocenters. The predicted octanol–water partition coefficient (Wildman–Crippen LogP) is 5.90. The van der Waals surface area contributed by atoms with Gasteiger partial charge in [0.1, 0.15) is 6.61 Å². The number of thioether (sulfide) groups is 1. The Balaban J connectivity index is 1.94. The minimum Gasteiger partial charge on any atom is -0.490 e. The molecule has 0 saturated carbocycles. The second kappa shape index (κ2) is 12.8. The molecule has 0 N–H and O–H groups in total. The number of carbonyl (C=O) groups is 1. The third-order valence-electron chi connectivity index (χ3n) is 4.51. The van der Waals surface area contributed by atoms with Crippen LogP contribution >= 0.6 is 34.4 Å². The van der Waals surface area contributed by atoms with Crippen LogP contribution in [0.5, 0.6) is 11.5 Å². The molecule has 0 aliphatic carbocycles. The molecule has 0 bridgehead atoms. The van der Waals surface area contributed by atoms with E-state index in [-0.39, 0.29) is 5.91 Å². The number of aliphatic imine (C=N–C) groups is 1. The smallest absolute Gasteiger partial charge is 0.266 e. The van der Waals surface area contributed by atoms with Crippen LogP contribution in [0.15, 0.2) is 65.0 Å². The van der Waals surface area contributed by atoms with E-state index in [1.54, 1.807) is 11.0 Å². The van der Waals surface area contributed by atoms with Gasteiger partial charge in [-0.2, -0.15) is 0 Å². The van der Waals surface area contributed by atoms with E-state index in [1.807, 2.05) is 62.4 Å². The van der Waals surface area contributed by atoms with Crippen molar-refractivity contribution in [2.45, 2.75) is 13.8 Å². The number of hydrogen-bond donors (Lipinski definition) is 0. The Morgan fingerprint density at radius 1 is 1.15 bits per heavy atom. The van der Waals surface area contributed by atoms with Crippen LogP contribution in [0.25, 0.3) is 6.08 Å². The van der Waals surface area contributed by atoms with Gasteiger partial charge in [0.2, 0.25) is 0 Å². The lowest BCUT2D eigenvalue weighted by molar-refractivity contribution is -0.122. The van der Waals surface area contributed by atoms with Gasteiger partial charge in [0.15, 0.2) is 16.7 Å². The number of amidine groups is 1. The van der Waals surface area contributed by atoms with E-state index in [9.17, 15) is 4.79 Å². The maximum absolute atomic E-state index is 13.2. The first kappa shape index (κ1) is 25.3. The Morgan fingerprint density at radius 2 is 1.94 bits per heavy atom. The zero-order valence-electron chi connectivity index (χ0n) is 18.8. The van der Waals surface area contributed by atoms with Crippen molar-refractivity contribution in [3.05, 3.63) is 69.2 Å². The first-order chi connectivity index (χ1) is 16.1. The molecule has 33 heavy (non-hydrogen) atoms. The second-order valence-electron chi connectivity index (χ2n) is 6.86. The highest BCUT2D eigenvalue weighted by molar-refractivity contribution is 14.1. The Morgan fingerprint density at radius 3 is 2.64 bits per heavy atom. The van der Waals surface area contributed by atoms with Gasteiger partial charge in [-0.15, -0.1) is 0 Å². The molecule has 8 heteroatoms. The Bertz CT molecular complexity index is 1040. The molecule has 0 aromatic heterocycles. The largest absolute Gasteiger partial charge is 0.490 e. The molecule has 0 radical (unpaired) electrons. The normalized spacial score (nSPS) is 16.0. The van der Waals surface area contributed by atoms with Crippen molar-refractivity contribution in [1.29, 1.82) is 0 Å². The van der Waals surface area contributed by atoms with Crippen molar-refractivity contribution in [2.75, 3.05) is 33.0 Å². The summed E-state index contributed by atoms with van der Waals surface area (Å²) in [4.78, 5) is 20.2. The van der Waals surface area contributed by atoms with Gasteiger partial charge >= 0.3 is 0 Å². The molecule has 2 aromatic carbocycles. The number of rotatable bonds is 11. The molecule has 0 atom stereocenters. The average molecular weight is 578 g/mol. The fraction of sp³-hybridized carbons (Fsp3) is 0.280. The van der Waals surface area contributed by atoms with Gasteiger partial charge in [-0.1, -0.05) is 30.9 Å². The van der Waals surface area contributed by atoms with Crippen molar-refractivity contribution in [3.8, 4) is 11.5 Å². The topological polar surface area (TPSA) is 60.4 Å². The fourth-order valence-electron chi connectivity index (χ4n) is 3.07. The van der Waals surface area contributed by atoms with Crippen molar-refractivity contribution in [3.63, 3.8) is 0 Å². The molecule has 1 fully saturated rings. The quantitative estimate of drug-likeness (QED) is 0.144. The summed E-state index contributed by atoms with van der Waals surface area (Å²) in [6.45, 7) is 9.95. The maximum atomic E-state index is 13.2. The standard InChI is InChI=1S/C25H27IN2O4S/c1-4-13-32-23-20(26)15-18(16-21(23)31-6-3)17-22-24(29)28(12-14-30-5-2)25(33-22)27-19-10-8-7-9-11-19/h4,7-11,15-17H,1,5-6,12-14H2,2-3H3/b22-17-,27-25?. The zero-order chi connectivity index (χ0) is 23.6. The highest BCUT2D eigenvalue weighted by Crippen LogP contribution is 2.38. The van der Waals surface area contributed by atoms with Gasteiger partial charge in [0, 0.05) is 6.61 Å². The molecule has 1 amide bonds. The third-order valence-corrected chi connectivity index (χ3v) is 6.32. The minimum absolute atomic E-state index is 0.0886. The summed E-state index contributed by atoms with van der Waals surface area (Å²) in [6.07, 6.45) is 3.57. The summed E-state index contributed by atoms with van der Waals surface area (Å²) in [5.74, 6) is 1.23. The highest BCUT2D eigenvalue weighted by Gasteiger charge is 2.33. The zero-order valence-corrected chi connectivity index (χ0v) is 21.7. The summed E-state index contributed by atoms with van der Waals surface area (Å²) in [7, 11) is 0. The molecule has 6 nitrogen and oxygen atoms in total. The van der Waals surface area contributed by atoms with Gasteiger partial charge in [-0.25, -0.2) is 4.99 Å². The first-order valence-corrected chi connectivity index (χ1v) is 12.6. The number of amides is 1. The van der Waals surface area contributed by atoms with Crippen LogP contribution in [0.2, 0.25) is 0 Å². The molecule has 1 aliphatic rings. The Kier molecular flexibility index (Phi) is 9.83. The number of ether oxygens (including phenoxy) is 3. The van der Waals surface area contributed by atoms with E-state index >= 15 is 0 Å². The minimum atomic E-state index is -0.0886. The second-order valence-corrected chi connectivity index (χ2v) is 9.03. The van der Waals surface area contributed by atoms with Crippen LogP contribution in [0.4, 0.5) is 5.69 Å². The van der Waals surface area contributed by atoms with Crippen LogP contribution in [0.3, 0.4) is 0 Å². The molecule has 1 saturated heterocycles. The van der Waals surface area contributed by atoms with Crippen LogP contribution in [0.1, 0.15) is 19.4 Å². The molecular weight excluding hydrogens is 551 g/mol. The van der Waals surface area contributed by atoms with Gasteiger partial charge in [0.05, 0.1) is 33.9 Å². The maximum Gasteiger partial charge on any atom is 0.266 e. The van der Waals surface area contributed by atoms with Crippen LogP contribution in [-0.4, -0.2) is 48.9 Å². The van der Waals surface area contributed by atoms with Crippen LogP contribution in [-0.2, 0) is 9.53 Å². The molecular formula is C25H27IN2O4S. The number of benzene rings is 2. The molecule has 174 valence electrons. The van der Waals surface area contributed by atoms with Crippen LogP contribution < -0.4 is 9.47 Å². The predicted molar refractivity (Wildman–Crippen MR) is 143 cm³/mol. The average Bonchev–Trinajstić information content (AvgIpc) is 3.08. The van der Waals surface area contributed by atoms with E-state index < -0.39 is 0 Å². The number of halogens is 1. The third kappa shape index (κ3) is 6.84. The van der Waals surface area contributed by atoms with Gasteiger partial charge in [-0.05, 0) is 84.1 Å². The number of para-hydroxylation sites is 1. The monoisotopic (exact) mass is 578 g/mol. The molecule has 1 heterocycles. The van der Waals surface area contributed by atoms with Crippen molar-refractivity contribution < 1.29 is 19.0 Å². The summed E-state index contributed by atoms with van der Waals surface area (Å²) in [6, 6.07) is 13.5. The van der Waals surface area contributed by atoms with E-state index in [0.717, 1.165) is 14.8 Å². The highest BCUT2D eigenvalue weighted by atomic mass is 127. The lowest BCUT2D eigenvalue weighted by atomic mass is 10.2. The van der Waals surface area contributed by atoms with E-state index in [4.69, 9.17) is 19.2 Å². The van der Waals surface area contributed by atoms with Crippen molar-refractivity contribution in [2.24, 2.45) is 4.99 Å². The van der Waals surface area contributed by atoms with E-state index in [2.05, 4.69) is 29.2 Å². The van der Waals surface area contributed by atoms with Gasteiger partial charge in [-0.3, -0.25) is 9.69 Å². The van der Waals surface area contributed by atoms with E-state index in [0.29, 0.717) is 54.5 Å².